The van der Waals surface area contributed by atoms with Crippen LogP contribution < -0.4 is 4.74 Å². The molecule has 1 aromatic carbocycles. The van der Waals surface area contributed by atoms with Gasteiger partial charge in [0.2, 0.25) is 0 Å². The first kappa shape index (κ1) is 12.9. The molecule has 1 fully saturated rings. The molecule has 1 aliphatic rings. The first-order chi connectivity index (χ1) is 8.58. The van der Waals surface area contributed by atoms with Crippen molar-refractivity contribution in [3.8, 4) is 5.75 Å². The van der Waals surface area contributed by atoms with Crippen LogP contribution in [0.4, 0.5) is 4.39 Å². The molecule has 0 bridgehead atoms. The second-order valence-electron chi connectivity index (χ2n) is 4.93. The zero-order chi connectivity index (χ0) is 13.1. The van der Waals surface area contributed by atoms with Crippen molar-refractivity contribution in [2.45, 2.75) is 38.7 Å². The molecule has 0 heterocycles. The molecule has 1 N–H and O–H groups in total. The molecular formula is C14H17FO3. The number of rotatable bonds is 3. The third-order valence-electron chi connectivity index (χ3n) is 3.37. The summed E-state index contributed by atoms with van der Waals surface area (Å²) in [6.07, 6.45) is 4.04. The SMILES string of the molecule is CC1CCCC(Oc2cccc(F)c2C(=O)O)C1. The summed E-state index contributed by atoms with van der Waals surface area (Å²) in [6, 6.07) is 4.13. The molecule has 0 radical (unpaired) electrons. The number of halogens is 1. The molecule has 2 unspecified atom stereocenters. The van der Waals surface area contributed by atoms with E-state index in [4.69, 9.17) is 9.84 Å². The minimum absolute atomic E-state index is 0.00588. The summed E-state index contributed by atoms with van der Waals surface area (Å²) >= 11 is 0. The van der Waals surface area contributed by atoms with Gasteiger partial charge in [0.1, 0.15) is 17.1 Å². The Morgan fingerprint density at radius 3 is 2.89 bits per heavy atom. The highest BCUT2D eigenvalue weighted by Crippen LogP contribution is 2.29. The van der Waals surface area contributed by atoms with Crippen LogP contribution >= 0.6 is 0 Å². The normalized spacial score (nSPS) is 23.7. The van der Waals surface area contributed by atoms with Gasteiger partial charge in [-0.1, -0.05) is 19.4 Å². The lowest BCUT2D eigenvalue weighted by Crippen LogP contribution is -2.25. The number of carboxylic acids is 1. The van der Waals surface area contributed by atoms with E-state index in [-0.39, 0.29) is 17.4 Å². The van der Waals surface area contributed by atoms with E-state index in [2.05, 4.69) is 6.92 Å². The standard InChI is InChI=1S/C14H17FO3/c1-9-4-2-5-10(8-9)18-12-7-3-6-11(15)13(12)14(16)17/h3,6-7,9-10H,2,4-5,8H2,1H3,(H,16,17). The van der Waals surface area contributed by atoms with E-state index < -0.39 is 11.8 Å². The Bertz CT molecular complexity index is 445. The number of hydrogen-bond acceptors (Lipinski definition) is 2. The van der Waals surface area contributed by atoms with Crippen molar-refractivity contribution in [2.24, 2.45) is 5.92 Å². The molecule has 0 amide bonds. The van der Waals surface area contributed by atoms with Gasteiger partial charge in [0.25, 0.3) is 0 Å². The third kappa shape index (κ3) is 2.81. The van der Waals surface area contributed by atoms with Crippen LogP contribution in [-0.2, 0) is 0 Å². The molecule has 18 heavy (non-hydrogen) atoms. The quantitative estimate of drug-likeness (QED) is 0.895. The highest BCUT2D eigenvalue weighted by atomic mass is 19.1. The highest BCUT2D eigenvalue weighted by molar-refractivity contribution is 5.91. The molecule has 1 saturated carbocycles. The van der Waals surface area contributed by atoms with Crippen molar-refractivity contribution >= 4 is 5.97 Å². The maximum Gasteiger partial charge on any atom is 0.342 e. The van der Waals surface area contributed by atoms with Gasteiger partial charge in [-0.25, -0.2) is 9.18 Å². The number of hydrogen-bond donors (Lipinski definition) is 1. The summed E-state index contributed by atoms with van der Waals surface area (Å²) in [7, 11) is 0. The molecule has 0 spiro atoms. The van der Waals surface area contributed by atoms with Crippen molar-refractivity contribution in [3.63, 3.8) is 0 Å². The maximum absolute atomic E-state index is 13.5. The van der Waals surface area contributed by atoms with Crippen molar-refractivity contribution in [2.75, 3.05) is 0 Å². The first-order valence-electron chi connectivity index (χ1n) is 6.26. The maximum atomic E-state index is 13.5. The van der Waals surface area contributed by atoms with Crippen LogP contribution in [0.15, 0.2) is 18.2 Å². The fraction of sp³-hybridized carbons (Fsp3) is 0.500. The summed E-state index contributed by atoms with van der Waals surface area (Å²) in [5.74, 6) is -1.32. The predicted molar refractivity (Wildman–Crippen MR) is 65.4 cm³/mol. The molecule has 2 rings (SSSR count). The average Bonchev–Trinajstić information content (AvgIpc) is 2.28. The van der Waals surface area contributed by atoms with Gasteiger partial charge in [0, 0.05) is 0 Å². The Hall–Kier alpha value is -1.58. The molecule has 0 aliphatic heterocycles. The molecule has 2 atom stereocenters. The van der Waals surface area contributed by atoms with E-state index in [9.17, 15) is 9.18 Å². The van der Waals surface area contributed by atoms with Crippen LogP contribution in [0.3, 0.4) is 0 Å². The zero-order valence-corrected chi connectivity index (χ0v) is 10.4. The van der Waals surface area contributed by atoms with Gasteiger partial charge in [0.15, 0.2) is 0 Å². The minimum Gasteiger partial charge on any atom is -0.489 e. The molecule has 98 valence electrons. The van der Waals surface area contributed by atoms with E-state index in [1.165, 1.54) is 18.6 Å². The number of aromatic carboxylic acids is 1. The Balaban J connectivity index is 2.18. The van der Waals surface area contributed by atoms with Crippen LogP contribution in [0.25, 0.3) is 0 Å². The third-order valence-corrected chi connectivity index (χ3v) is 3.37. The molecule has 3 nitrogen and oxygen atoms in total. The molecule has 0 saturated heterocycles. The second kappa shape index (κ2) is 5.38. The minimum atomic E-state index is -1.29. The van der Waals surface area contributed by atoms with Crippen LogP contribution in [0.5, 0.6) is 5.75 Å². The van der Waals surface area contributed by atoms with Gasteiger partial charge < -0.3 is 9.84 Å². The van der Waals surface area contributed by atoms with Gasteiger partial charge in [-0.05, 0) is 37.3 Å². The number of benzene rings is 1. The lowest BCUT2D eigenvalue weighted by Gasteiger charge is -2.27. The molecule has 0 aromatic heterocycles. The van der Waals surface area contributed by atoms with Crippen LogP contribution in [0.1, 0.15) is 43.0 Å². The van der Waals surface area contributed by atoms with Gasteiger partial charge in [-0.15, -0.1) is 0 Å². The predicted octanol–water partition coefficient (Wildman–Crippen LogP) is 3.48. The fourth-order valence-electron chi connectivity index (χ4n) is 2.48. The van der Waals surface area contributed by atoms with Crippen molar-refractivity contribution in [1.29, 1.82) is 0 Å². The van der Waals surface area contributed by atoms with E-state index in [1.807, 2.05) is 0 Å². The molecular weight excluding hydrogens is 235 g/mol. The van der Waals surface area contributed by atoms with Crippen molar-refractivity contribution in [1.82, 2.24) is 0 Å². The lowest BCUT2D eigenvalue weighted by atomic mass is 9.88. The largest absolute Gasteiger partial charge is 0.489 e. The number of carboxylic acid groups (broad SMARTS) is 1. The van der Waals surface area contributed by atoms with Crippen LogP contribution in [-0.4, -0.2) is 17.2 Å². The summed E-state index contributed by atoms with van der Waals surface area (Å²) < 4.78 is 19.1. The Morgan fingerprint density at radius 1 is 1.44 bits per heavy atom. The topological polar surface area (TPSA) is 46.5 Å². The summed E-state index contributed by atoms with van der Waals surface area (Å²) in [5, 5.41) is 9.01. The van der Waals surface area contributed by atoms with E-state index in [1.54, 1.807) is 0 Å². The highest BCUT2D eigenvalue weighted by Gasteiger charge is 2.23. The Kier molecular flexibility index (Phi) is 3.84. The Labute approximate surface area is 106 Å². The van der Waals surface area contributed by atoms with Crippen molar-refractivity contribution < 1.29 is 19.0 Å². The van der Waals surface area contributed by atoms with E-state index >= 15 is 0 Å². The fourth-order valence-corrected chi connectivity index (χ4v) is 2.48. The van der Waals surface area contributed by atoms with Gasteiger partial charge in [0.05, 0.1) is 6.10 Å². The second-order valence-corrected chi connectivity index (χ2v) is 4.93. The van der Waals surface area contributed by atoms with E-state index in [0.29, 0.717) is 5.92 Å². The number of carbonyl (C=O) groups is 1. The summed E-state index contributed by atoms with van der Waals surface area (Å²) in [6.45, 7) is 2.15. The lowest BCUT2D eigenvalue weighted by molar-refractivity contribution is 0.0677. The zero-order valence-electron chi connectivity index (χ0n) is 10.4. The summed E-state index contributed by atoms with van der Waals surface area (Å²) in [4.78, 5) is 11.0. The molecule has 4 heteroatoms. The van der Waals surface area contributed by atoms with Crippen molar-refractivity contribution in [3.05, 3.63) is 29.6 Å². The monoisotopic (exact) mass is 252 g/mol. The van der Waals surface area contributed by atoms with Gasteiger partial charge in [-0.3, -0.25) is 0 Å². The van der Waals surface area contributed by atoms with Gasteiger partial charge >= 0.3 is 5.97 Å². The summed E-state index contributed by atoms with van der Waals surface area (Å²) in [5.41, 5.74) is -0.365. The number of ether oxygens (including phenoxy) is 1. The van der Waals surface area contributed by atoms with Crippen LogP contribution in [0, 0.1) is 11.7 Å². The molecule has 1 aromatic rings. The van der Waals surface area contributed by atoms with Crippen LogP contribution in [0.2, 0.25) is 0 Å². The van der Waals surface area contributed by atoms with E-state index in [0.717, 1.165) is 25.3 Å². The first-order valence-corrected chi connectivity index (χ1v) is 6.26. The van der Waals surface area contributed by atoms with Gasteiger partial charge in [-0.2, -0.15) is 0 Å². The average molecular weight is 252 g/mol. The smallest absolute Gasteiger partial charge is 0.342 e. The Morgan fingerprint density at radius 2 is 2.22 bits per heavy atom. The molecule has 1 aliphatic carbocycles.